The minimum Gasteiger partial charge on any atom is -0.462 e. The van der Waals surface area contributed by atoms with Gasteiger partial charge in [-0.3, -0.25) is 4.79 Å². The number of hydrogen-bond donors (Lipinski definition) is 1. The lowest BCUT2D eigenvalue weighted by Crippen LogP contribution is -2.23. The molecule has 0 atom stereocenters. The van der Waals surface area contributed by atoms with E-state index in [0.717, 1.165) is 0 Å². The Kier molecular flexibility index (Phi) is 3.54. The summed E-state index contributed by atoms with van der Waals surface area (Å²) in [4.78, 5) is 31.1. The SMILES string of the molecule is CCOC(=O)c1c(-c2cccc3c2OCO3)nc(C)[nH]c1=O. The Bertz CT molecular complexity index is 797. The molecule has 0 radical (unpaired) electrons. The van der Waals surface area contributed by atoms with Gasteiger partial charge in [0.1, 0.15) is 5.82 Å². The highest BCUT2D eigenvalue weighted by Crippen LogP contribution is 2.41. The summed E-state index contributed by atoms with van der Waals surface area (Å²) in [5, 5.41) is 0. The molecular weight excluding hydrogens is 288 g/mol. The highest BCUT2D eigenvalue weighted by Gasteiger charge is 2.26. The van der Waals surface area contributed by atoms with E-state index < -0.39 is 11.5 Å². The van der Waals surface area contributed by atoms with Gasteiger partial charge in [-0.05, 0) is 26.0 Å². The third-order valence-electron chi connectivity index (χ3n) is 3.17. The number of benzene rings is 1. The number of aromatic amines is 1. The number of nitrogens with zero attached hydrogens (tertiary/aromatic N) is 1. The first-order valence-corrected chi connectivity index (χ1v) is 6.78. The molecular formula is C15H14N2O5. The van der Waals surface area contributed by atoms with Crippen molar-refractivity contribution in [3.05, 3.63) is 39.9 Å². The maximum absolute atomic E-state index is 12.2. The van der Waals surface area contributed by atoms with Crippen molar-refractivity contribution in [2.24, 2.45) is 0 Å². The van der Waals surface area contributed by atoms with Crippen LogP contribution in [-0.2, 0) is 4.74 Å². The Balaban J connectivity index is 2.25. The minimum atomic E-state index is -0.720. The smallest absolute Gasteiger partial charge is 0.346 e. The fourth-order valence-corrected chi connectivity index (χ4v) is 2.29. The molecule has 0 unspecified atom stereocenters. The fourth-order valence-electron chi connectivity index (χ4n) is 2.29. The fraction of sp³-hybridized carbons (Fsp3) is 0.267. The van der Waals surface area contributed by atoms with Crippen LogP contribution in [0.3, 0.4) is 0 Å². The molecule has 2 aromatic rings. The number of nitrogens with one attached hydrogen (secondary N) is 1. The molecule has 0 saturated carbocycles. The first-order chi connectivity index (χ1) is 10.6. The van der Waals surface area contributed by atoms with Gasteiger partial charge in [0.15, 0.2) is 17.1 Å². The summed E-state index contributed by atoms with van der Waals surface area (Å²) < 4.78 is 15.7. The lowest BCUT2D eigenvalue weighted by molar-refractivity contribution is 0.0524. The normalized spacial score (nSPS) is 12.3. The largest absolute Gasteiger partial charge is 0.462 e. The lowest BCUT2D eigenvalue weighted by atomic mass is 10.1. The number of fused-ring (bicyclic) bond motifs is 1. The molecule has 0 amide bonds. The summed E-state index contributed by atoms with van der Waals surface area (Å²) in [6.07, 6.45) is 0. The van der Waals surface area contributed by atoms with E-state index in [1.165, 1.54) is 0 Å². The second-order valence-corrected chi connectivity index (χ2v) is 4.63. The van der Waals surface area contributed by atoms with Crippen LogP contribution in [0.25, 0.3) is 11.3 Å². The Morgan fingerprint density at radius 1 is 1.41 bits per heavy atom. The number of esters is 1. The van der Waals surface area contributed by atoms with Crippen molar-refractivity contribution in [3.8, 4) is 22.8 Å². The van der Waals surface area contributed by atoms with Gasteiger partial charge in [-0.15, -0.1) is 0 Å². The van der Waals surface area contributed by atoms with Crippen molar-refractivity contribution < 1.29 is 19.0 Å². The molecule has 7 nitrogen and oxygen atoms in total. The van der Waals surface area contributed by atoms with E-state index in [9.17, 15) is 9.59 Å². The van der Waals surface area contributed by atoms with Crippen molar-refractivity contribution in [1.29, 1.82) is 0 Å². The predicted octanol–water partition coefficient (Wildman–Crippen LogP) is 1.65. The quantitative estimate of drug-likeness (QED) is 0.867. The molecule has 1 aliphatic rings. The number of aryl methyl sites for hydroxylation is 1. The molecule has 22 heavy (non-hydrogen) atoms. The van der Waals surface area contributed by atoms with E-state index >= 15 is 0 Å². The number of hydrogen-bond acceptors (Lipinski definition) is 6. The molecule has 2 heterocycles. The van der Waals surface area contributed by atoms with Crippen LogP contribution in [0.2, 0.25) is 0 Å². The topological polar surface area (TPSA) is 90.5 Å². The van der Waals surface area contributed by atoms with Crippen LogP contribution in [-0.4, -0.2) is 29.3 Å². The van der Waals surface area contributed by atoms with E-state index in [-0.39, 0.29) is 24.7 Å². The number of carbonyl (C=O) groups is 1. The highest BCUT2D eigenvalue weighted by atomic mass is 16.7. The van der Waals surface area contributed by atoms with Crippen molar-refractivity contribution >= 4 is 5.97 Å². The first-order valence-electron chi connectivity index (χ1n) is 6.78. The Hall–Kier alpha value is -2.83. The minimum absolute atomic E-state index is 0.0866. The van der Waals surface area contributed by atoms with Crippen LogP contribution in [0, 0.1) is 6.92 Å². The van der Waals surface area contributed by atoms with E-state index in [2.05, 4.69) is 9.97 Å². The summed E-state index contributed by atoms with van der Waals surface area (Å²) >= 11 is 0. The Morgan fingerprint density at radius 2 is 2.23 bits per heavy atom. The third-order valence-corrected chi connectivity index (χ3v) is 3.17. The molecule has 1 aromatic heterocycles. The van der Waals surface area contributed by atoms with Crippen molar-refractivity contribution in [2.45, 2.75) is 13.8 Å². The van der Waals surface area contributed by atoms with Crippen LogP contribution in [0.15, 0.2) is 23.0 Å². The van der Waals surface area contributed by atoms with Gasteiger partial charge in [-0.2, -0.15) is 0 Å². The van der Waals surface area contributed by atoms with Gasteiger partial charge in [0.25, 0.3) is 5.56 Å². The molecule has 0 saturated heterocycles. The summed E-state index contributed by atoms with van der Waals surface area (Å²) in [6, 6.07) is 5.21. The van der Waals surface area contributed by atoms with E-state index in [1.807, 2.05) is 0 Å². The number of ether oxygens (including phenoxy) is 3. The van der Waals surface area contributed by atoms with Crippen molar-refractivity contribution in [3.63, 3.8) is 0 Å². The molecule has 0 aliphatic carbocycles. The van der Waals surface area contributed by atoms with Crippen molar-refractivity contribution in [2.75, 3.05) is 13.4 Å². The van der Waals surface area contributed by atoms with Gasteiger partial charge >= 0.3 is 5.97 Å². The molecule has 1 N–H and O–H groups in total. The second-order valence-electron chi connectivity index (χ2n) is 4.63. The van der Waals surface area contributed by atoms with Crippen LogP contribution in [0.1, 0.15) is 23.1 Å². The van der Waals surface area contributed by atoms with Crippen LogP contribution < -0.4 is 15.0 Å². The molecule has 7 heteroatoms. The molecule has 0 fully saturated rings. The molecule has 1 aliphatic heterocycles. The second kappa shape index (κ2) is 5.51. The van der Waals surface area contributed by atoms with Gasteiger partial charge in [0.2, 0.25) is 6.79 Å². The maximum Gasteiger partial charge on any atom is 0.346 e. The van der Waals surface area contributed by atoms with E-state index in [0.29, 0.717) is 22.9 Å². The zero-order valence-electron chi connectivity index (χ0n) is 12.1. The van der Waals surface area contributed by atoms with Gasteiger partial charge < -0.3 is 19.2 Å². The third kappa shape index (κ3) is 2.30. The van der Waals surface area contributed by atoms with Gasteiger partial charge in [-0.25, -0.2) is 9.78 Å². The molecule has 3 rings (SSSR count). The van der Waals surface area contributed by atoms with Gasteiger partial charge in [-0.1, -0.05) is 6.07 Å². The number of aromatic nitrogens is 2. The van der Waals surface area contributed by atoms with E-state index in [1.54, 1.807) is 32.0 Å². The van der Waals surface area contributed by atoms with E-state index in [4.69, 9.17) is 14.2 Å². The average molecular weight is 302 g/mol. The molecule has 1 aromatic carbocycles. The monoisotopic (exact) mass is 302 g/mol. The maximum atomic E-state index is 12.2. The molecule has 0 bridgehead atoms. The van der Waals surface area contributed by atoms with Crippen LogP contribution >= 0.6 is 0 Å². The average Bonchev–Trinajstić information content (AvgIpc) is 2.94. The van der Waals surface area contributed by atoms with Gasteiger partial charge in [0.05, 0.1) is 12.3 Å². The Morgan fingerprint density at radius 3 is 3.00 bits per heavy atom. The number of carbonyl (C=O) groups excluding carboxylic acids is 1. The number of rotatable bonds is 3. The molecule has 114 valence electrons. The summed E-state index contributed by atoms with van der Waals surface area (Å²) in [6.45, 7) is 3.56. The Labute approximate surface area is 125 Å². The standard InChI is InChI=1S/C15H14N2O5/c1-3-20-15(19)11-12(16-8(2)17-14(11)18)9-5-4-6-10-13(9)22-7-21-10/h4-6H,3,7H2,1-2H3,(H,16,17,18). The summed E-state index contributed by atoms with van der Waals surface area (Å²) in [7, 11) is 0. The van der Waals surface area contributed by atoms with Crippen LogP contribution in [0.5, 0.6) is 11.5 Å². The zero-order valence-corrected chi connectivity index (χ0v) is 12.1. The zero-order chi connectivity index (χ0) is 15.7. The summed E-state index contributed by atoms with van der Waals surface area (Å²) in [5.41, 5.74) is 0.0584. The van der Waals surface area contributed by atoms with Gasteiger partial charge in [0, 0.05) is 5.56 Å². The lowest BCUT2D eigenvalue weighted by Gasteiger charge is -2.10. The number of para-hydroxylation sites is 1. The predicted molar refractivity (Wildman–Crippen MR) is 77.1 cm³/mol. The molecule has 0 spiro atoms. The number of H-pyrrole nitrogens is 1. The highest BCUT2D eigenvalue weighted by molar-refractivity contribution is 5.96. The van der Waals surface area contributed by atoms with Crippen LogP contribution in [0.4, 0.5) is 0 Å². The summed E-state index contributed by atoms with van der Waals surface area (Å²) in [5.74, 6) is 0.685. The first kappa shape index (κ1) is 14.1. The van der Waals surface area contributed by atoms with Crippen molar-refractivity contribution in [1.82, 2.24) is 9.97 Å².